The Morgan fingerprint density at radius 2 is 2.00 bits per heavy atom. The molecule has 2 unspecified atom stereocenters. The van der Waals surface area contributed by atoms with E-state index in [2.05, 4.69) is 49.4 Å². The maximum Gasteiger partial charge on any atom is 0.120 e. The number of rotatable bonds is 3. The van der Waals surface area contributed by atoms with Gasteiger partial charge in [0.25, 0.3) is 0 Å². The van der Waals surface area contributed by atoms with E-state index >= 15 is 0 Å². The molecule has 1 heterocycles. The lowest BCUT2D eigenvalue weighted by Gasteiger charge is -2.49. The normalized spacial score (nSPS) is 34.4. The van der Waals surface area contributed by atoms with Crippen LogP contribution in [0.2, 0.25) is 0 Å². The maximum absolute atomic E-state index is 10.5. The molecule has 0 amide bonds. The van der Waals surface area contributed by atoms with Gasteiger partial charge in [0.1, 0.15) is 12.4 Å². The molecule has 1 N–H and O–H groups in total. The first kappa shape index (κ1) is 17.6. The Hall–Kier alpha value is -1.45. The molecule has 5 rings (SSSR count). The van der Waals surface area contributed by atoms with Crippen LogP contribution in [0.4, 0.5) is 0 Å². The van der Waals surface area contributed by atoms with Crippen LogP contribution in [0, 0.1) is 11.3 Å². The molecular weight excluding hydrogens is 352 g/mol. The average molecular weight is 381 g/mol. The first-order valence-corrected chi connectivity index (χ1v) is 11.3. The predicted octanol–water partition coefficient (Wildman–Crippen LogP) is 5.19. The zero-order chi connectivity index (χ0) is 18.4. The smallest absolute Gasteiger partial charge is 0.120 e. The van der Waals surface area contributed by atoms with E-state index in [1.54, 1.807) is 5.56 Å². The fraction of sp³-hybridized carbons (Fsp3) is 0.500. The number of hydrogen-bond donors (Lipinski definition) is 1. The van der Waals surface area contributed by atoms with Crippen LogP contribution in [0.15, 0.2) is 48.5 Å². The van der Waals surface area contributed by atoms with Crippen molar-refractivity contribution in [3.63, 3.8) is 0 Å². The van der Waals surface area contributed by atoms with Gasteiger partial charge in [-0.05, 0) is 66.3 Å². The number of thioether (sulfide) groups is 1. The molecule has 2 aromatic carbocycles. The van der Waals surface area contributed by atoms with Crippen LogP contribution in [-0.2, 0) is 13.0 Å². The van der Waals surface area contributed by atoms with Crippen molar-refractivity contribution in [3.8, 4) is 5.75 Å². The second-order valence-electron chi connectivity index (χ2n) is 8.76. The minimum absolute atomic E-state index is 0.122. The van der Waals surface area contributed by atoms with Crippen LogP contribution in [0.3, 0.4) is 0 Å². The van der Waals surface area contributed by atoms with Crippen molar-refractivity contribution in [1.82, 2.24) is 0 Å². The quantitative estimate of drug-likeness (QED) is 0.795. The summed E-state index contributed by atoms with van der Waals surface area (Å²) in [4.78, 5) is 0. The lowest BCUT2D eigenvalue weighted by molar-refractivity contribution is 0.0170. The Labute approximate surface area is 166 Å². The molecule has 2 aromatic rings. The van der Waals surface area contributed by atoms with Crippen LogP contribution in [0.5, 0.6) is 5.75 Å². The summed E-state index contributed by atoms with van der Waals surface area (Å²) in [6.07, 6.45) is 4.64. The minimum atomic E-state index is -0.122. The van der Waals surface area contributed by atoms with Crippen LogP contribution in [-0.4, -0.2) is 22.2 Å². The Balaban J connectivity index is 1.34. The zero-order valence-corrected chi connectivity index (χ0v) is 16.8. The van der Waals surface area contributed by atoms with Gasteiger partial charge in [0.05, 0.1) is 6.10 Å². The van der Waals surface area contributed by atoms with Gasteiger partial charge in [-0.15, -0.1) is 0 Å². The summed E-state index contributed by atoms with van der Waals surface area (Å²) >= 11 is 2.03. The number of aliphatic hydroxyl groups is 1. The Morgan fingerprint density at radius 3 is 2.85 bits per heavy atom. The fourth-order valence-electron chi connectivity index (χ4n) is 5.63. The standard InChI is InChI=1S/C24H28O2S/c1-24-12-11-20-19-10-8-18(26-14-16-5-3-2-4-6-16)13-17(19)7-9-21(20)23(24)27-15-22(24)25/h2-6,8,10,13,20-23,25H,7,9,11-12,14-15H2,1H3/t20?,21?,22-,23-,24+/m0/s1. The summed E-state index contributed by atoms with van der Waals surface area (Å²) in [5, 5.41) is 11.1. The third-order valence-corrected chi connectivity index (χ3v) is 9.01. The van der Waals surface area contributed by atoms with Crippen molar-refractivity contribution in [1.29, 1.82) is 0 Å². The first-order chi connectivity index (χ1) is 13.1. The Morgan fingerprint density at radius 1 is 1.15 bits per heavy atom. The predicted molar refractivity (Wildman–Crippen MR) is 111 cm³/mol. The lowest BCUT2D eigenvalue weighted by Crippen LogP contribution is -2.46. The number of benzene rings is 2. The highest BCUT2D eigenvalue weighted by Crippen LogP contribution is 2.60. The molecule has 0 bridgehead atoms. The van der Waals surface area contributed by atoms with Gasteiger partial charge in [0.2, 0.25) is 0 Å². The molecule has 1 aliphatic heterocycles. The third-order valence-electron chi connectivity index (χ3n) is 7.25. The maximum atomic E-state index is 10.5. The van der Waals surface area contributed by atoms with Crippen LogP contribution < -0.4 is 4.74 Å². The second kappa shape index (κ2) is 6.86. The highest BCUT2D eigenvalue weighted by Gasteiger charge is 2.55. The van der Waals surface area contributed by atoms with Gasteiger partial charge in [0, 0.05) is 16.4 Å². The van der Waals surface area contributed by atoms with Crippen LogP contribution in [0.1, 0.15) is 48.8 Å². The molecule has 1 saturated carbocycles. The van der Waals surface area contributed by atoms with Gasteiger partial charge in [-0.1, -0.05) is 43.3 Å². The third kappa shape index (κ3) is 3.00. The van der Waals surface area contributed by atoms with Gasteiger partial charge in [-0.3, -0.25) is 0 Å². The molecule has 0 aromatic heterocycles. The molecule has 2 fully saturated rings. The van der Waals surface area contributed by atoms with Gasteiger partial charge in [-0.2, -0.15) is 11.8 Å². The summed E-state index contributed by atoms with van der Waals surface area (Å²) < 4.78 is 6.06. The average Bonchev–Trinajstić information content (AvgIpc) is 3.01. The molecule has 2 aliphatic carbocycles. The molecule has 1 saturated heterocycles. The summed E-state index contributed by atoms with van der Waals surface area (Å²) in [5.74, 6) is 3.29. The van der Waals surface area contributed by atoms with Crippen molar-refractivity contribution in [2.75, 3.05) is 5.75 Å². The van der Waals surface area contributed by atoms with Gasteiger partial charge in [0.15, 0.2) is 0 Å². The summed E-state index contributed by atoms with van der Waals surface area (Å²) in [6, 6.07) is 17.1. The van der Waals surface area contributed by atoms with Crippen LogP contribution >= 0.6 is 11.8 Å². The van der Waals surface area contributed by atoms with Crippen molar-refractivity contribution in [3.05, 3.63) is 65.2 Å². The summed E-state index contributed by atoms with van der Waals surface area (Å²) in [7, 11) is 0. The number of fused-ring (bicyclic) bond motifs is 5. The highest BCUT2D eigenvalue weighted by atomic mass is 32.2. The largest absolute Gasteiger partial charge is 0.489 e. The number of hydrogen-bond acceptors (Lipinski definition) is 3. The van der Waals surface area contributed by atoms with Crippen molar-refractivity contribution < 1.29 is 9.84 Å². The van der Waals surface area contributed by atoms with E-state index < -0.39 is 0 Å². The highest BCUT2D eigenvalue weighted by molar-refractivity contribution is 8.00. The second-order valence-corrected chi connectivity index (χ2v) is 9.93. The van der Waals surface area contributed by atoms with E-state index in [1.807, 2.05) is 17.8 Å². The van der Waals surface area contributed by atoms with Gasteiger partial charge >= 0.3 is 0 Å². The molecule has 3 heteroatoms. The van der Waals surface area contributed by atoms with E-state index in [9.17, 15) is 5.11 Å². The van der Waals surface area contributed by atoms with E-state index in [0.717, 1.165) is 30.3 Å². The van der Waals surface area contributed by atoms with E-state index in [-0.39, 0.29) is 11.5 Å². The monoisotopic (exact) mass is 380 g/mol. The van der Waals surface area contributed by atoms with E-state index in [0.29, 0.717) is 17.8 Å². The van der Waals surface area contributed by atoms with Gasteiger partial charge < -0.3 is 9.84 Å². The van der Waals surface area contributed by atoms with Gasteiger partial charge in [-0.25, -0.2) is 0 Å². The van der Waals surface area contributed by atoms with Crippen molar-refractivity contribution >= 4 is 11.8 Å². The number of aryl methyl sites for hydroxylation is 1. The van der Waals surface area contributed by atoms with Crippen molar-refractivity contribution in [2.24, 2.45) is 11.3 Å². The number of aliphatic hydroxyl groups excluding tert-OH is 1. The minimum Gasteiger partial charge on any atom is -0.489 e. The lowest BCUT2D eigenvalue weighted by atomic mass is 9.59. The van der Waals surface area contributed by atoms with E-state index in [4.69, 9.17) is 4.74 Å². The van der Waals surface area contributed by atoms with Crippen LogP contribution in [0.25, 0.3) is 0 Å². The summed E-state index contributed by atoms with van der Waals surface area (Å²) in [6.45, 7) is 2.95. The molecule has 0 spiro atoms. The van der Waals surface area contributed by atoms with Crippen molar-refractivity contribution in [2.45, 2.75) is 56.5 Å². The molecule has 2 nitrogen and oxygen atoms in total. The zero-order valence-electron chi connectivity index (χ0n) is 15.9. The molecular formula is C24H28O2S. The Bertz CT molecular complexity index is 820. The SMILES string of the molecule is C[C@]12CCC3c4ccc(OCc5ccccc5)cc4CCC3[C@@H]1SC[C@@H]2O. The fourth-order valence-corrected chi connectivity index (χ4v) is 7.63. The summed E-state index contributed by atoms with van der Waals surface area (Å²) in [5.41, 5.74) is 4.36. The molecule has 0 radical (unpaired) electrons. The molecule has 5 atom stereocenters. The first-order valence-electron chi connectivity index (χ1n) is 10.2. The number of ether oxygens (including phenoxy) is 1. The topological polar surface area (TPSA) is 29.5 Å². The molecule has 27 heavy (non-hydrogen) atoms. The molecule has 3 aliphatic rings. The Kier molecular flexibility index (Phi) is 4.48. The van der Waals surface area contributed by atoms with E-state index in [1.165, 1.54) is 24.0 Å². The molecule has 142 valence electrons.